The van der Waals surface area contributed by atoms with Gasteiger partial charge in [-0.25, -0.2) is 0 Å². The Balaban J connectivity index is 4.68. The molecule has 0 heterocycles. The first kappa shape index (κ1) is 15.1. The second kappa shape index (κ2) is 5.97. The number of carbonyl (C=O) groups excluding carboxylic acids is 2. The van der Waals surface area contributed by atoms with E-state index in [0.717, 1.165) is 0 Å². The van der Waals surface area contributed by atoms with E-state index >= 15 is 0 Å². The summed E-state index contributed by atoms with van der Waals surface area (Å²) in [6, 6.07) is 0. The maximum atomic E-state index is 11.2. The fourth-order valence-electron chi connectivity index (χ4n) is 1.29. The zero-order chi connectivity index (χ0) is 13.6. The largest absolute Gasteiger partial charge is 0.481 e. The number of carboxylic acid groups (broad SMARTS) is 2. The van der Waals surface area contributed by atoms with Crippen molar-refractivity contribution in [2.45, 2.75) is 38.7 Å². The van der Waals surface area contributed by atoms with Crippen molar-refractivity contribution in [3.05, 3.63) is 0 Å². The van der Waals surface area contributed by atoms with Gasteiger partial charge in [-0.1, -0.05) is 0 Å². The third-order valence-corrected chi connectivity index (χ3v) is 1.80. The fraction of sp³-hybridized carbons (Fsp3) is 0.600. The Morgan fingerprint density at radius 1 is 1.06 bits per heavy atom. The first-order chi connectivity index (χ1) is 7.64. The summed E-state index contributed by atoms with van der Waals surface area (Å²) in [5.74, 6) is -3.95. The molecule has 0 saturated carbocycles. The highest BCUT2D eigenvalue weighted by Gasteiger charge is 2.34. The Labute approximate surface area is 97.4 Å². The quantitative estimate of drug-likeness (QED) is 0.487. The van der Waals surface area contributed by atoms with Crippen molar-refractivity contribution in [3.8, 4) is 0 Å². The van der Waals surface area contributed by atoms with Crippen molar-refractivity contribution in [3.63, 3.8) is 0 Å². The summed E-state index contributed by atoms with van der Waals surface area (Å²) in [6.45, 7) is 2.38. The molecule has 0 spiro atoms. The number of aliphatic carboxylic acids is 2. The van der Waals surface area contributed by atoms with Gasteiger partial charge in [-0.05, 0) is 13.8 Å². The second-order valence-corrected chi connectivity index (χ2v) is 3.94. The van der Waals surface area contributed by atoms with Crippen molar-refractivity contribution >= 4 is 23.7 Å². The zero-order valence-electron chi connectivity index (χ0n) is 9.56. The van der Waals surface area contributed by atoms with Gasteiger partial charge < -0.3 is 14.9 Å². The third kappa shape index (κ3) is 7.04. The van der Waals surface area contributed by atoms with Crippen LogP contribution in [0.2, 0.25) is 0 Å². The van der Waals surface area contributed by atoms with Gasteiger partial charge in [0.05, 0.1) is 12.8 Å². The summed E-state index contributed by atoms with van der Waals surface area (Å²) in [4.78, 5) is 43.0. The van der Waals surface area contributed by atoms with Gasteiger partial charge in [-0.2, -0.15) is 0 Å². The Morgan fingerprint density at radius 2 is 1.47 bits per heavy atom. The summed E-state index contributed by atoms with van der Waals surface area (Å²) >= 11 is 0. The molecule has 0 rings (SSSR count). The standard InChI is InChI=1S/C10H14O7/c1-6(11)3-9(16)17-10(2,4-7(12)13)5-8(14)15/h3-5H2,1-2H3,(H,12,13)(H,14,15). The van der Waals surface area contributed by atoms with Crippen molar-refractivity contribution < 1.29 is 34.1 Å². The number of carbonyl (C=O) groups is 4. The Bertz CT molecular complexity index is 329. The summed E-state index contributed by atoms with van der Waals surface area (Å²) in [7, 11) is 0. The van der Waals surface area contributed by atoms with Crippen molar-refractivity contribution in [2.75, 3.05) is 0 Å². The molecule has 96 valence electrons. The van der Waals surface area contributed by atoms with Gasteiger partial charge in [0.1, 0.15) is 17.8 Å². The van der Waals surface area contributed by atoms with Crippen LogP contribution in [0.3, 0.4) is 0 Å². The maximum absolute atomic E-state index is 11.2. The molecule has 0 radical (unpaired) electrons. The normalized spacial score (nSPS) is 10.7. The Morgan fingerprint density at radius 3 is 1.76 bits per heavy atom. The number of Topliss-reactive ketones (excluding diaryl/α,β-unsaturated/α-hetero) is 1. The van der Waals surface area contributed by atoms with Gasteiger partial charge >= 0.3 is 17.9 Å². The molecule has 0 fully saturated rings. The van der Waals surface area contributed by atoms with E-state index in [1.165, 1.54) is 13.8 Å². The smallest absolute Gasteiger partial charge is 0.313 e. The molecular formula is C10H14O7. The lowest BCUT2D eigenvalue weighted by molar-refractivity contribution is -0.167. The minimum absolute atomic E-state index is 0.442. The van der Waals surface area contributed by atoms with E-state index < -0.39 is 48.6 Å². The lowest BCUT2D eigenvalue weighted by atomic mass is 9.98. The average Bonchev–Trinajstić information content (AvgIpc) is 1.95. The Hall–Kier alpha value is -1.92. The summed E-state index contributed by atoms with van der Waals surface area (Å²) in [6.07, 6.45) is -1.78. The fourth-order valence-corrected chi connectivity index (χ4v) is 1.29. The minimum atomic E-state index is -1.65. The van der Waals surface area contributed by atoms with Crippen LogP contribution in [0.25, 0.3) is 0 Å². The van der Waals surface area contributed by atoms with Crippen LogP contribution >= 0.6 is 0 Å². The average molecular weight is 246 g/mol. The van der Waals surface area contributed by atoms with Gasteiger partial charge in [0.25, 0.3) is 0 Å². The monoisotopic (exact) mass is 246 g/mol. The summed E-state index contributed by atoms with van der Waals surface area (Å²) < 4.78 is 4.75. The highest BCUT2D eigenvalue weighted by Crippen LogP contribution is 2.21. The van der Waals surface area contributed by atoms with Crippen molar-refractivity contribution in [1.29, 1.82) is 0 Å². The van der Waals surface area contributed by atoms with Crippen LogP contribution in [-0.2, 0) is 23.9 Å². The molecule has 0 aromatic heterocycles. The van der Waals surface area contributed by atoms with E-state index in [1.807, 2.05) is 0 Å². The SMILES string of the molecule is CC(=O)CC(=O)OC(C)(CC(=O)O)CC(=O)O. The molecule has 0 aromatic rings. The number of hydrogen-bond acceptors (Lipinski definition) is 5. The van der Waals surface area contributed by atoms with Gasteiger partial charge in [0.15, 0.2) is 0 Å². The lowest BCUT2D eigenvalue weighted by Gasteiger charge is -2.26. The third-order valence-electron chi connectivity index (χ3n) is 1.80. The van der Waals surface area contributed by atoms with Crippen molar-refractivity contribution in [2.24, 2.45) is 0 Å². The van der Waals surface area contributed by atoms with Gasteiger partial charge in [0, 0.05) is 0 Å². The number of hydrogen-bond donors (Lipinski definition) is 2. The van der Waals surface area contributed by atoms with E-state index in [0.29, 0.717) is 0 Å². The molecular weight excluding hydrogens is 232 g/mol. The molecule has 0 unspecified atom stereocenters. The molecule has 7 nitrogen and oxygen atoms in total. The molecule has 0 aliphatic heterocycles. The van der Waals surface area contributed by atoms with Crippen LogP contribution in [-0.4, -0.2) is 39.5 Å². The van der Waals surface area contributed by atoms with Crippen LogP contribution in [0.4, 0.5) is 0 Å². The van der Waals surface area contributed by atoms with E-state index in [1.54, 1.807) is 0 Å². The predicted octanol–water partition coefficient (Wildman–Crippen LogP) is 0.217. The molecule has 0 bridgehead atoms. The number of ether oxygens (including phenoxy) is 1. The molecule has 0 aliphatic rings. The molecule has 0 saturated heterocycles. The van der Waals surface area contributed by atoms with E-state index in [4.69, 9.17) is 14.9 Å². The number of carboxylic acids is 2. The number of ketones is 1. The minimum Gasteiger partial charge on any atom is -0.481 e. The molecule has 0 atom stereocenters. The predicted molar refractivity (Wildman–Crippen MR) is 54.3 cm³/mol. The molecule has 7 heteroatoms. The number of esters is 1. The van der Waals surface area contributed by atoms with Gasteiger partial charge in [-0.15, -0.1) is 0 Å². The van der Waals surface area contributed by atoms with Gasteiger partial charge in [-0.3, -0.25) is 19.2 Å². The Kier molecular flexibility index (Phi) is 5.30. The lowest BCUT2D eigenvalue weighted by Crippen LogP contribution is -2.37. The molecule has 0 aliphatic carbocycles. The van der Waals surface area contributed by atoms with E-state index in [-0.39, 0.29) is 0 Å². The highest BCUT2D eigenvalue weighted by molar-refractivity contribution is 5.94. The number of rotatable bonds is 7. The summed E-state index contributed by atoms with van der Waals surface area (Å²) in [5, 5.41) is 17.2. The zero-order valence-corrected chi connectivity index (χ0v) is 9.56. The molecule has 2 N–H and O–H groups in total. The molecule has 0 aromatic carbocycles. The van der Waals surface area contributed by atoms with Crippen LogP contribution in [0.5, 0.6) is 0 Å². The summed E-state index contributed by atoms with van der Waals surface area (Å²) in [5.41, 5.74) is -1.65. The van der Waals surface area contributed by atoms with Crippen LogP contribution < -0.4 is 0 Å². The topological polar surface area (TPSA) is 118 Å². The van der Waals surface area contributed by atoms with E-state index in [2.05, 4.69) is 0 Å². The maximum Gasteiger partial charge on any atom is 0.313 e. The molecule has 0 amide bonds. The van der Waals surface area contributed by atoms with Crippen LogP contribution in [0.1, 0.15) is 33.1 Å². The van der Waals surface area contributed by atoms with E-state index in [9.17, 15) is 19.2 Å². The highest BCUT2D eigenvalue weighted by atomic mass is 16.6. The molecule has 17 heavy (non-hydrogen) atoms. The van der Waals surface area contributed by atoms with Crippen LogP contribution in [0.15, 0.2) is 0 Å². The van der Waals surface area contributed by atoms with Gasteiger partial charge in [0.2, 0.25) is 0 Å². The van der Waals surface area contributed by atoms with Crippen LogP contribution in [0, 0.1) is 0 Å². The second-order valence-electron chi connectivity index (χ2n) is 3.94. The first-order valence-corrected chi connectivity index (χ1v) is 4.79. The first-order valence-electron chi connectivity index (χ1n) is 4.79. The van der Waals surface area contributed by atoms with Crippen molar-refractivity contribution in [1.82, 2.24) is 0 Å².